The minimum Gasteiger partial charge on any atom is -0.368 e. The molecule has 1 saturated heterocycles. The third kappa shape index (κ3) is 9.10. The fourth-order valence-electron chi connectivity index (χ4n) is 4.36. The third-order valence-corrected chi connectivity index (χ3v) is 6.15. The molecule has 0 bridgehead atoms. The summed E-state index contributed by atoms with van der Waals surface area (Å²) in [6.07, 6.45) is 9.11. The van der Waals surface area contributed by atoms with E-state index in [1.165, 1.54) is 34.3 Å². The zero-order valence-electron chi connectivity index (χ0n) is 22.9. The molecule has 6 heteroatoms. The molecule has 0 spiro atoms. The summed E-state index contributed by atoms with van der Waals surface area (Å²) in [6, 6.07) is 9.16. The molecule has 1 aliphatic heterocycles. The predicted octanol–water partition coefficient (Wildman–Crippen LogP) is 5.65. The van der Waals surface area contributed by atoms with E-state index in [1.807, 2.05) is 24.9 Å². The summed E-state index contributed by atoms with van der Waals surface area (Å²) in [5.74, 6) is 0.289. The largest absolute Gasteiger partial charge is 0.368 e. The van der Waals surface area contributed by atoms with Gasteiger partial charge in [0.1, 0.15) is 5.78 Å². The van der Waals surface area contributed by atoms with Crippen molar-refractivity contribution >= 4 is 22.4 Å². The number of hydrogen-bond donors (Lipinski definition) is 1. The van der Waals surface area contributed by atoms with Gasteiger partial charge in [0.05, 0.1) is 5.52 Å². The van der Waals surface area contributed by atoms with Crippen LogP contribution in [0, 0.1) is 6.92 Å². The van der Waals surface area contributed by atoms with E-state index in [0.29, 0.717) is 6.04 Å². The zero-order valence-corrected chi connectivity index (χ0v) is 22.9. The van der Waals surface area contributed by atoms with E-state index in [4.69, 9.17) is 0 Å². The molecule has 1 aromatic carbocycles. The Labute approximate surface area is 212 Å². The first-order valence-corrected chi connectivity index (χ1v) is 13.1. The number of hydrogen-bond acceptors (Lipinski definition) is 5. The van der Waals surface area contributed by atoms with Gasteiger partial charge < -0.3 is 15.0 Å². The maximum absolute atomic E-state index is 10.0. The number of pyridine rings is 1. The number of benzene rings is 1. The van der Waals surface area contributed by atoms with Gasteiger partial charge in [-0.2, -0.15) is 5.10 Å². The maximum atomic E-state index is 10.0. The van der Waals surface area contributed by atoms with Gasteiger partial charge >= 0.3 is 0 Å². The van der Waals surface area contributed by atoms with Crippen LogP contribution in [-0.2, 0) is 24.7 Å². The standard InChI is InChI=1S/C14H23N3.C10H12N2.C5H10O/c1-4-5-13-12(3)16-7-6-14(13)17-9-8-15-11(2)10-17;1-3-8-4-5-10-9(6-8)7-12(2)11-10;1-3-4-5(2)6/h6-7,11,15H,4-5,8-10H2,1-3H3;4-7H,3H2,1-2H3;3-4H2,1-2H3. The number of fused-ring (bicyclic) bond motifs is 1. The first-order chi connectivity index (χ1) is 16.8. The lowest BCUT2D eigenvalue weighted by Crippen LogP contribution is -2.49. The number of aryl methyl sites for hydroxylation is 3. The Kier molecular flexibility index (Phi) is 11.9. The Morgan fingerprint density at radius 1 is 1.17 bits per heavy atom. The molecule has 1 atom stereocenters. The minimum atomic E-state index is 0.289. The topological polar surface area (TPSA) is 63.1 Å². The number of anilines is 1. The van der Waals surface area contributed by atoms with Crippen LogP contribution in [0.5, 0.6) is 0 Å². The highest BCUT2D eigenvalue weighted by atomic mass is 16.1. The van der Waals surface area contributed by atoms with Crippen molar-refractivity contribution in [2.45, 2.75) is 79.7 Å². The van der Waals surface area contributed by atoms with Crippen molar-refractivity contribution in [3.05, 3.63) is 53.5 Å². The van der Waals surface area contributed by atoms with Gasteiger partial charge in [-0.1, -0.05) is 33.3 Å². The van der Waals surface area contributed by atoms with Gasteiger partial charge in [-0.3, -0.25) is 9.67 Å². The van der Waals surface area contributed by atoms with Crippen LogP contribution < -0.4 is 10.2 Å². The molecule has 0 saturated carbocycles. The smallest absolute Gasteiger partial charge is 0.129 e. The van der Waals surface area contributed by atoms with Gasteiger partial charge in [0, 0.05) is 68.3 Å². The molecule has 6 nitrogen and oxygen atoms in total. The number of ketones is 1. The lowest BCUT2D eigenvalue weighted by molar-refractivity contribution is -0.117. The molecule has 1 aliphatic rings. The number of carbonyl (C=O) groups excluding carboxylic acids is 1. The van der Waals surface area contributed by atoms with E-state index < -0.39 is 0 Å². The Hall–Kier alpha value is -2.73. The number of aromatic nitrogens is 3. The van der Waals surface area contributed by atoms with E-state index in [2.05, 4.69) is 78.5 Å². The van der Waals surface area contributed by atoms with Gasteiger partial charge in [-0.25, -0.2) is 0 Å². The molecule has 0 amide bonds. The van der Waals surface area contributed by atoms with Crippen LogP contribution in [0.1, 0.15) is 70.7 Å². The van der Waals surface area contributed by atoms with E-state index >= 15 is 0 Å². The number of rotatable bonds is 6. The van der Waals surface area contributed by atoms with Crippen molar-refractivity contribution < 1.29 is 4.79 Å². The van der Waals surface area contributed by atoms with E-state index in [-0.39, 0.29) is 5.78 Å². The molecule has 0 aliphatic carbocycles. The highest BCUT2D eigenvalue weighted by Gasteiger charge is 2.19. The maximum Gasteiger partial charge on any atom is 0.129 e. The van der Waals surface area contributed by atoms with E-state index in [9.17, 15) is 4.79 Å². The van der Waals surface area contributed by atoms with Crippen LogP contribution in [0.25, 0.3) is 10.9 Å². The SMILES string of the molecule is CCCC(C)=O.CCCc1c(N2CCNC(C)C2)ccnc1C.CCc1ccc2nn(C)cc2c1. The number of nitrogens with one attached hydrogen (secondary N) is 1. The number of Topliss-reactive ketones (excluding diaryl/α,β-unsaturated/α-hetero) is 1. The first kappa shape index (κ1) is 28.5. The van der Waals surface area contributed by atoms with Crippen molar-refractivity contribution in [3.63, 3.8) is 0 Å². The summed E-state index contributed by atoms with van der Waals surface area (Å²) in [5.41, 5.74) is 6.47. The van der Waals surface area contributed by atoms with Gasteiger partial charge in [-0.15, -0.1) is 0 Å². The summed E-state index contributed by atoms with van der Waals surface area (Å²) in [5, 5.41) is 9.03. The van der Waals surface area contributed by atoms with Crippen LogP contribution >= 0.6 is 0 Å². The Bertz CT molecular complexity index is 1060. The molecule has 1 fully saturated rings. The molecule has 35 heavy (non-hydrogen) atoms. The predicted molar refractivity (Wildman–Crippen MR) is 148 cm³/mol. The molecule has 2 aromatic heterocycles. The average Bonchev–Trinajstić information content (AvgIpc) is 3.20. The van der Waals surface area contributed by atoms with Crippen molar-refractivity contribution in [1.82, 2.24) is 20.1 Å². The fourth-order valence-corrected chi connectivity index (χ4v) is 4.36. The van der Waals surface area contributed by atoms with Crippen LogP contribution in [-0.4, -0.2) is 46.2 Å². The Morgan fingerprint density at radius 3 is 2.54 bits per heavy atom. The van der Waals surface area contributed by atoms with E-state index in [1.54, 1.807) is 6.92 Å². The van der Waals surface area contributed by atoms with E-state index in [0.717, 1.165) is 50.8 Å². The van der Waals surface area contributed by atoms with Gasteiger partial charge in [-0.05, 0) is 69.4 Å². The Balaban J connectivity index is 0.000000209. The lowest BCUT2D eigenvalue weighted by atomic mass is 10.0. The number of piperazine rings is 1. The molecule has 3 aromatic rings. The molecular weight excluding hydrogens is 434 g/mol. The van der Waals surface area contributed by atoms with Crippen molar-refractivity contribution in [2.75, 3.05) is 24.5 Å². The van der Waals surface area contributed by atoms with Crippen molar-refractivity contribution in [3.8, 4) is 0 Å². The fraction of sp³-hybridized carbons (Fsp3) is 0.552. The summed E-state index contributed by atoms with van der Waals surface area (Å²) in [7, 11) is 1.95. The monoisotopic (exact) mass is 479 g/mol. The van der Waals surface area contributed by atoms with Crippen LogP contribution in [0.4, 0.5) is 5.69 Å². The van der Waals surface area contributed by atoms with Gasteiger partial charge in [0.25, 0.3) is 0 Å². The Morgan fingerprint density at radius 2 is 1.94 bits per heavy atom. The van der Waals surface area contributed by atoms with Crippen molar-refractivity contribution in [2.24, 2.45) is 7.05 Å². The molecule has 4 rings (SSSR count). The molecule has 1 N–H and O–H groups in total. The highest BCUT2D eigenvalue weighted by molar-refractivity contribution is 5.78. The second kappa shape index (κ2) is 14.6. The van der Waals surface area contributed by atoms with Gasteiger partial charge in [0.2, 0.25) is 0 Å². The van der Waals surface area contributed by atoms with Crippen molar-refractivity contribution in [1.29, 1.82) is 0 Å². The normalized spacial score (nSPS) is 15.2. The second-order valence-corrected chi connectivity index (χ2v) is 9.45. The zero-order chi connectivity index (χ0) is 25.8. The molecule has 3 heterocycles. The summed E-state index contributed by atoms with van der Waals surface area (Å²) >= 11 is 0. The molecular formula is C29H45N5O. The molecule has 1 unspecified atom stereocenters. The van der Waals surface area contributed by atoms with Crippen LogP contribution in [0.3, 0.4) is 0 Å². The average molecular weight is 480 g/mol. The summed E-state index contributed by atoms with van der Waals surface area (Å²) in [4.78, 5) is 17.0. The summed E-state index contributed by atoms with van der Waals surface area (Å²) < 4.78 is 1.85. The highest BCUT2D eigenvalue weighted by Crippen LogP contribution is 2.24. The molecule has 0 radical (unpaired) electrons. The second-order valence-electron chi connectivity index (χ2n) is 9.45. The lowest BCUT2D eigenvalue weighted by Gasteiger charge is -2.35. The number of nitrogens with zero attached hydrogens (tertiary/aromatic N) is 4. The third-order valence-electron chi connectivity index (χ3n) is 6.15. The number of carbonyl (C=O) groups is 1. The first-order valence-electron chi connectivity index (χ1n) is 13.1. The summed E-state index contributed by atoms with van der Waals surface area (Å²) in [6.45, 7) is 15.7. The minimum absolute atomic E-state index is 0.289. The molecule has 192 valence electrons. The van der Waals surface area contributed by atoms with Gasteiger partial charge in [0.15, 0.2) is 0 Å². The van der Waals surface area contributed by atoms with Crippen LogP contribution in [0.2, 0.25) is 0 Å². The van der Waals surface area contributed by atoms with Crippen LogP contribution in [0.15, 0.2) is 36.7 Å². The quantitative estimate of drug-likeness (QED) is 0.495.